The molecule has 1 amide bonds. The number of nitriles is 1. The molecule has 3 rings (SSSR count). The van der Waals surface area contributed by atoms with E-state index in [1.165, 1.54) is 18.2 Å². The van der Waals surface area contributed by atoms with Gasteiger partial charge in [-0.25, -0.2) is 4.39 Å². The van der Waals surface area contributed by atoms with Crippen molar-refractivity contribution in [1.29, 1.82) is 5.26 Å². The maximum Gasteiger partial charge on any atom is 0.436 e. The van der Waals surface area contributed by atoms with Gasteiger partial charge in [-0.2, -0.15) is 18.4 Å². The van der Waals surface area contributed by atoms with E-state index in [2.05, 4.69) is 15.0 Å². The highest BCUT2D eigenvalue weighted by atomic mass is 19.4. The van der Waals surface area contributed by atoms with E-state index in [-0.39, 0.29) is 29.7 Å². The van der Waals surface area contributed by atoms with Crippen LogP contribution in [0.25, 0.3) is 0 Å². The third kappa shape index (κ3) is 4.42. The van der Waals surface area contributed by atoms with Gasteiger partial charge in [0.25, 0.3) is 0 Å². The highest BCUT2D eigenvalue weighted by molar-refractivity contribution is 5.79. The third-order valence-corrected chi connectivity index (χ3v) is 4.57. The van der Waals surface area contributed by atoms with Gasteiger partial charge in [0, 0.05) is 25.1 Å². The summed E-state index contributed by atoms with van der Waals surface area (Å²) < 4.78 is 56.1. The normalized spacial score (nSPS) is 15.3. The number of piperidine rings is 1. The van der Waals surface area contributed by atoms with Gasteiger partial charge >= 0.3 is 6.18 Å². The van der Waals surface area contributed by atoms with Crippen LogP contribution in [0.2, 0.25) is 0 Å². The minimum absolute atomic E-state index is 0.0854. The van der Waals surface area contributed by atoms with Crippen molar-refractivity contribution in [1.82, 2.24) is 10.5 Å². The van der Waals surface area contributed by atoms with Crippen LogP contribution in [0.5, 0.6) is 0 Å². The number of alkyl halides is 3. The van der Waals surface area contributed by atoms with E-state index in [0.29, 0.717) is 31.6 Å². The summed E-state index contributed by atoms with van der Waals surface area (Å²) in [5.74, 6) is -1.21. The SMILES string of the molecule is N#Cc1ccc(N2CCC(C(=O)NCc3cc(C(F)(F)F)no3)CC2)c(F)c1. The van der Waals surface area contributed by atoms with Crippen LogP contribution in [0.1, 0.15) is 29.9 Å². The number of amides is 1. The predicted molar refractivity (Wildman–Crippen MR) is 89.4 cm³/mol. The van der Waals surface area contributed by atoms with Crippen LogP contribution in [-0.2, 0) is 17.5 Å². The number of carbonyl (C=O) groups is 1. The lowest BCUT2D eigenvalue weighted by molar-refractivity contribution is -0.142. The molecule has 1 aliphatic rings. The molecule has 1 saturated heterocycles. The number of halogens is 4. The summed E-state index contributed by atoms with van der Waals surface area (Å²) in [5, 5.41) is 14.3. The molecule has 0 radical (unpaired) electrons. The average Bonchev–Trinajstić information content (AvgIpc) is 3.16. The van der Waals surface area contributed by atoms with Crippen LogP contribution in [0.4, 0.5) is 23.2 Å². The van der Waals surface area contributed by atoms with Crippen LogP contribution in [0.15, 0.2) is 28.8 Å². The molecule has 0 unspecified atom stereocenters. The molecule has 148 valence electrons. The molecular weight excluding hydrogens is 380 g/mol. The number of hydrogen-bond acceptors (Lipinski definition) is 5. The molecule has 0 bridgehead atoms. The number of carbonyl (C=O) groups excluding carboxylic acids is 1. The molecular formula is C18H16F4N4O2. The molecule has 1 aromatic heterocycles. The fraction of sp³-hybridized carbons (Fsp3) is 0.389. The Morgan fingerprint density at radius 2 is 2.04 bits per heavy atom. The van der Waals surface area contributed by atoms with E-state index >= 15 is 0 Å². The van der Waals surface area contributed by atoms with Crippen LogP contribution in [0, 0.1) is 23.1 Å². The topological polar surface area (TPSA) is 82.2 Å². The molecule has 0 saturated carbocycles. The second-order valence-electron chi connectivity index (χ2n) is 6.43. The van der Waals surface area contributed by atoms with Crippen molar-refractivity contribution in [3.8, 4) is 6.07 Å². The third-order valence-electron chi connectivity index (χ3n) is 4.57. The fourth-order valence-electron chi connectivity index (χ4n) is 3.06. The summed E-state index contributed by atoms with van der Waals surface area (Å²) in [6.45, 7) is 0.704. The van der Waals surface area contributed by atoms with Gasteiger partial charge in [0.1, 0.15) is 5.82 Å². The second kappa shape index (κ2) is 7.88. The summed E-state index contributed by atoms with van der Waals surface area (Å²) in [7, 11) is 0. The molecule has 6 nitrogen and oxygen atoms in total. The smallest absolute Gasteiger partial charge is 0.369 e. The van der Waals surface area contributed by atoms with Crippen molar-refractivity contribution in [2.24, 2.45) is 5.92 Å². The first-order valence-corrected chi connectivity index (χ1v) is 8.53. The van der Waals surface area contributed by atoms with E-state index in [4.69, 9.17) is 5.26 Å². The molecule has 1 aromatic carbocycles. The molecule has 10 heteroatoms. The second-order valence-corrected chi connectivity index (χ2v) is 6.43. The lowest BCUT2D eigenvalue weighted by Gasteiger charge is -2.33. The molecule has 0 aliphatic carbocycles. The van der Waals surface area contributed by atoms with E-state index < -0.39 is 17.7 Å². The van der Waals surface area contributed by atoms with E-state index in [1.807, 2.05) is 6.07 Å². The van der Waals surface area contributed by atoms with E-state index in [9.17, 15) is 22.4 Å². The number of aromatic nitrogens is 1. The van der Waals surface area contributed by atoms with Crippen LogP contribution in [0.3, 0.4) is 0 Å². The predicted octanol–water partition coefficient (Wildman–Crippen LogP) is 3.24. The van der Waals surface area contributed by atoms with Crippen molar-refractivity contribution in [3.63, 3.8) is 0 Å². The van der Waals surface area contributed by atoms with Gasteiger partial charge in [-0.05, 0) is 31.0 Å². The van der Waals surface area contributed by atoms with Crippen molar-refractivity contribution in [2.75, 3.05) is 18.0 Å². The first-order chi connectivity index (χ1) is 13.3. The molecule has 1 N–H and O–H groups in total. The molecule has 28 heavy (non-hydrogen) atoms. The Bertz CT molecular complexity index is 896. The Balaban J connectivity index is 1.51. The van der Waals surface area contributed by atoms with E-state index in [0.717, 1.165) is 6.07 Å². The highest BCUT2D eigenvalue weighted by Crippen LogP contribution is 2.29. The molecule has 1 aliphatic heterocycles. The number of benzene rings is 1. The quantitative estimate of drug-likeness (QED) is 0.803. The van der Waals surface area contributed by atoms with Crippen LogP contribution >= 0.6 is 0 Å². The first kappa shape index (κ1) is 19.7. The summed E-state index contributed by atoms with van der Waals surface area (Å²) in [5.41, 5.74) is -0.537. The maximum absolute atomic E-state index is 14.1. The van der Waals surface area contributed by atoms with Crippen LogP contribution < -0.4 is 10.2 Å². The Morgan fingerprint density at radius 3 is 2.61 bits per heavy atom. The first-order valence-electron chi connectivity index (χ1n) is 8.53. The van der Waals surface area contributed by atoms with Crippen LogP contribution in [-0.4, -0.2) is 24.2 Å². The van der Waals surface area contributed by atoms with Gasteiger partial charge in [-0.3, -0.25) is 4.79 Å². The lowest BCUT2D eigenvalue weighted by atomic mass is 9.95. The zero-order valence-electron chi connectivity index (χ0n) is 14.6. The summed E-state index contributed by atoms with van der Waals surface area (Å²) in [6.07, 6.45) is -3.66. The Morgan fingerprint density at radius 1 is 1.32 bits per heavy atom. The van der Waals surface area contributed by atoms with Gasteiger partial charge in [-0.1, -0.05) is 5.16 Å². The van der Waals surface area contributed by atoms with Gasteiger partial charge in [0.2, 0.25) is 5.91 Å². The Hall–Kier alpha value is -3.09. The number of anilines is 1. The van der Waals surface area contributed by atoms with Gasteiger partial charge in [0.15, 0.2) is 11.5 Å². The highest BCUT2D eigenvalue weighted by Gasteiger charge is 2.35. The van der Waals surface area contributed by atoms with E-state index in [1.54, 1.807) is 4.90 Å². The zero-order chi connectivity index (χ0) is 20.3. The van der Waals surface area contributed by atoms with Crippen molar-refractivity contribution < 1.29 is 26.9 Å². The fourth-order valence-corrected chi connectivity index (χ4v) is 3.06. The largest absolute Gasteiger partial charge is 0.436 e. The van der Waals surface area contributed by atoms with Gasteiger partial charge < -0.3 is 14.7 Å². The summed E-state index contributed by atoms with van der Waals surface area (Å²) in [4.78, 5) is 14.0. The minimum Gasteiger partial charge on any atom is -0.369 e. The number of hydrogen-bond donors (Lipinski definition) is 1. The van der Waals surface area contributed by atoms with Crippen molar-refractivity contribution in [2.45, 2.75) is 25.6 Å². The standard InChI is InChI=1S/C18H16F4N4O2/c19-14-7-11(9-23)1-2-15(14)26-5-3-12(4-6-26)17(27)24-10-13-8-16(25-28-13)18(20,21)22/h1-2,7-8,12H,3-6,10H2,(H,24,27). The van der Waals surface area contributed by atoms with Gasteiger partial charge in [0.05, 0.1) is 23.9 Å². The molecule has 1 fully saturated rings. The minimum atomic E-state index is -4.60. The average molecular weight is 396 g/mol. The Labute approximate surface area is 157 Å². The number of nitrogens with zero attached hydrogens (tertiary/aromatic N) is 3. The number of nitrogens with one attached hydrogen (secondary N) is 1. The molecule has 0 atom stereocenters. The van der Waals surface area contributed by atoms with Gasteiger partial charge in [-0.15, -0.1) is 0 Å². The summed E-state index contributed by atoms with van der Waals surface area (Å²) in [6, 6.07) is 6.85. The molecule has 0 spiro atoms. The molecule has 2 heterocycles. The molecule has 2 aromatic rings. The van der Waals surface area contributed by atoms with Crippen molar-refractivity contribution in [3.05, 3.63) is 47.1 Å². The summed E-state index contributed by atoms with van der Waals surface area (Å²) >= 11 is 0. The maximum atomic E-state index is 14.1. The number of rotatable bonds is 4. The lowest BCUT2D eigenvalue weighted by Crippen LogP contribution is -2.40. The monoisotopic (exact) mass is 396 g/mol. The zero-order valence-corrected chi connectivity index (χ0v) is 14.6. The van der Waals surface area contributed by atoms with Crippen molar-refractivity contribution >= 4 is 11.6 Å². The Kier molecular flexibility index (Phi) is 5.53.